The first-order chi connectivity index (χ1) is 21.5. The minimum Gasteiger partial charge on any atom is -0.481 e. The van der Waals surface area contributed by atoms with Crippen molar-refractivity contribution in [2.45, 2.75) is 45.7 Å². The topological polar surface area (TPSA) is 245 Å². The number of carboxylic acids is 2. The van der Waals surface area contributed by atoms with E-state index >= 15 is 0 Å². The third kappa shape index (κ3) is 10.5. The smallest absolute Gasteiger partial charge is 0.481 e. The van der Waals surface area contributed by atoms with Gasteiger partial charge in [0, 0.05) is 38.6 Å². The van der Waals surface area contributed by atoms with Gasteiger partial charge in [-0.3, -0.25) is 19.2 Å². The number of nitrogens with zero attached hydrogens (tertiary/aromatic N) is 6. The fourth-order valence-electron chi connectivity index (χ4n) is 4.48. The van der Waals surface area contributed by atoms with Crippen LogP contribution in [0.15, 0.2) is 12.4 Å². The number of hydrogen-bond donors (Lipinski definition) is 4. The highest BCUT2D eigenvalue weighted by Gasteiger charge is 2.38. The van der Waals surface area contributed by atoms with Gasteiger partial charge in [0.15, 0.2) is 0 Å². The Morgan fingerprint density at radius 1 is 0.783 bits per heavy atom. The van der Waals surface area contributed by atoms with E-state index in [1.165, 1.54) is 7.11 Å². The largest absolute Gasteiger partial charge is 0.490 e. The van der Waals surface area contributed by atoms with Crippen molar-refractivity contribution in [3.63, 3.8) is 0 Å². The average Bonchev–Trinajstić information content (AvgIpc) is 3.01. The van der Waals surface area contributed by atoms with Gasteiger partial charge in [-0.2, -0.15) is 13.2 Å². The van der Waals surface area contributed by atoms with Gasteiger partial charge in [0.25, 0.3) is 11.8 Å². The molecule has 252 valence electrons. The third-order valence-electron chi connectivity index (χ3n) is 7.07. The Bertz CT molecular complexity index is 1430. The molecule has 2 aromatic rings. The number of amides is 2. The summed E-state index contributed by atoms with van der Waals surface area (Å²) in [5.41, 5.74) is 12.3. The number of methoxy groups -OCH3 is 1. The molecule has 16 nitrogen and oxygen atoms in total. The van der Waals surface area contributed by atoms with Crippen molar-refractivity contribution in [2.75, 3.05) is 43.1 Å². The molecule has 4 rings (SSSR count). The summed E-state index contributed by atoms with van der Waals surface area (Å²) in [5.74, 6) is -4.30. The SMILES string of the molecule is COC(=O)C1CCN(c2ncc(C)c(C(N)=O)n2)CC1.Cc1cnc(N2CCC(C(=O)O)CC2)nc1C(N)=O.O=C(O)C(F)(F)F. The molecule has 0 atom stereocenters. The Kier molecular flexibility index (Phi) is 13.1. The van der Waals surface area contributed by atoms with Crippen LogP contribution in [-0.4, -0.2) is 99.3 Å². The Balaban J connectivity index is 0.000000267. The van der Waals surface area contributed by atoms with Gasteiger partial charge in [-0.25, -0.2) is 24.7 Å². The van der Waals surface area contributed by atoms with E-state index in [0.717, 1.165) is 0 Å². The molecule has 0 saturated carbocycles. The molecule has 46 heavy (non-hydrogen) atoms. The van der Waals surface area contributed by atoms with Crippen molar-refractivity contribution in [3.8, 4) is 0 Å². The van der Waals surface area contributed by atoms with Crippen LogP contribution in [0.1, 0.15) is 57.8 Å². The van der Waals surface area contributed by atoms with Crippen molar-refractivity contribution >= 4 is 41.6 Å². The Labute approximate surface area is 261 Å². The standard InChI is InChI=1S/C13H18N4O3.C12H16N4O3.C2HF3O2/c1-8-7-15-13(16-10(8)11(14)18)17-5-3-9(4-6-17)12(19)20-2;1-7-6-14-12(15-9(7)10(13)17)16-4-2-8(3-5-16)11(18)19;3-2(4,5)1(6)7/h7,9H,3-6H2,1-2H3,(H2,14,18);6,8H,2-5H2,1H3,(H2,13,17)(H,18,19);(H,6,7). The van der Waals surface area contributed by atoms with E-state index in [9.17, 15) is 32.3 Å². The number of carbonyl (C=O) groups is 5. The lowest BCUT2D eigenvalue weighted by molar-refractivity contribution is -0.192. The minimum absolute atomic E-state index is 0.0719. The first kappa shape index (κ1) is 37.1. The molecule has 4 heterocycles. The van der Waals surface area contributed by atoms with Gasteiger partial charge in [-0.05, 0) is 50.7 Å². The first-order valence-corrected chi connectivity index (χ1v) is 13.8. The molecule has 2 fully saturated rings. The summed E-state index contributed by atoms with van der Waals surface area (Å²) in [5, 5.41) is 16.1. The molecule has 2 aromatic heterocycles. The molecule has 2 amide bonds. The first-order valence-electron chi connectivity index (χ1n) is 13.8. The minimum atomic E-state index is -5.08. The summed E-state index contributed by atoms with van der Waals surface area (Å²) in [6.45, 7) is 5.91. The van der Waals surface area contributed by atoms with E-state index in [-0.39, 0.29) is 29.2 Å². The molecule has 19 heteroatoms. The van der Waals surface area contributed by atoms with Crippen molar-refractivity contribution in [1.82, 2.24) is 19.9 Å². The van der Waals surface area contributed by atoms with Crippen LogP contribution in [0.2, 0.25) is 0 Å². The number of primary amides is 2. The fourth-order valence-corrected chi connectivity index (χ4v) is 4.48. The van der Waals surface area contributed by atoms with Crippen molar-refractivity contribution in [2.24, 2.45) is 23.3 Å². The molecule has 0 radical (unpaired) electrons. The molecule has 6 N–H and O–H groups in total. The molecule has 0 spiro atoms. The van der Waals surface area contributed by atoms with Crippen molar-refractivity contribution < 1.29 is 52.1 Å². The summed E-state index contributed by atoms with van der Waals surface area (Å²) in [7, 11) is 1.40. The molecule has 2 aliphatic rings. The number of alkyl halides is 3. The maximum absolute atomic E-state index is 11.5. The summed E-state index contributed by atoms with van der Waals surface area (Å²) >= 11 is 0. The highest BCUT2D eigenvalue weighted by Crippen LogP contribution is 2.23. The number of piperidine rings is 2. The number of carboxylic acid groups (broad SMARTS) is 2. The lowest BCUT2D eigenvalue weighted by Crippen LogP contribution is -2.38. The maximum atomic E-state index is 11.5. The second-order valence-corrected chi connectivity index (χ2v) is 10.3. The monoisotopic (exact) mass is 656 g/mol. The zero-order chi connectivity index (χ0) is 34.8. The number of rotatable bonds is 6. The van der Waals surface area contributed by atoms with Gasteiger partial charge >= 0.3 is 24.1 Å². The number of anilines is 2. The maximum Gasteiger partial charge on any atom is 0.490 e. The molecule has 0 bridgehead atoms. The molecule has 0 unspecified atom stereocenters. The normalized spacial score (nSPS) is 15.4. The Morgan fingerprint density at radius 2 is 1.13 bits per heavy atom. The quantitative estimate of drug-likeness (QED) is 0.318. The Hall–Kier alpha value is -5.10. The van der Waals surface area contributed by atoms with Crippen LogP contribution >= 0.6 is 0 Å². The number of halogens is 3. The summed E-state index contributed by atoms with van der Waals surface area (Å²) in [4.78, 5) is 74.4. The fraction of sp³-hybridized carbons (Fsp3) is 0.519. The van der Waals surface area contributed by atoms with Gasteiger partial charge in [0.05, 0.1) is 18.9 Å². The van der Waals surface area contributed by atoms with Gasteiger partial charge < -0.3 is 36.2 Å². The van der Waals surface area contributed by atoms with Gasteiger partial charge in [-0.15, -0.1) is 0 Å². The summed E-state index contributed by atoms with van der Waals surface area (Å²) < 4.78 is 36.5. The molecular weight excluding hydrogens is 621 g/mol. The molecular formula is C27H35F3N8O8. The van der Waals surface area contributed by atoms with Crippen LogP contribution in [0.25, 0.3) is 0 Å². The second-order valence-electron chi connectivity index (χ2n) is 10.3. The number of nitrogens with two attached hydrogens (primary N) is 2. The van der Waals surface area contributed by atoms with Crippen LogP contribution in [0.3, 0.4) is 0 Å². The van der Waals surface area contributed by atoms with Crippen molar-refractivity contribution in [1.29, 1.82) is 0 Å². The van der Waals surface area contributed by atoms with Gasteiger partial charge in [-0.1, -0.05) is 0 Å². The number of aliphatic carboxylic acids is 2. The zero-order valence-electron chi connectivity index (χ0n) is 25.3. The van der Waals surface area contributed by atoms with Crippen LogP contribution in [0, 0.1) is 25.7 Å². The van der Waals surface area contributed by atoms with E-state index in [1.54, 1.807) is 26.2 Å². The molecule has 2 aliphatic heterocycles. The molecule has 0 aromatic carbocycles. The number of hydrogen-bond acceptors (Lipinski definition) is 12. The van der Waals surface area contributed by atoms with E-state index in [4.69, 9.17) is 31.2 Å². The lowest BCUT2D eigenvalue weighted by atomic mass is 9.97. The van der Waals surface area contributed by atoms with E-state index in [0.29, 0.717) is 74.9 Å². The number of esters is 1. The number of aryl methyl sites for hydroxylation is 2. The summed E-state index contributed by atoms with van der Waals surface area (Å²) in [6.07, 6.45) is 0.559. The van der Waals surface area contributed by atoms with Gasteiger partial charge in [0.2, 0.25) is 11.9 Å². The van der Waals surface area contributed by atoms with Crippen LogP contribution in [-0.2, 0) is 19.1 Å². The highest BCUT2D eigenvalue weighted by molar-refractivity contribution is 5.92. The summed E-state index contributed by atoms with van der Waals surface area (Å²) in [6, 6.07) is 0. The Morgan fingerprint density at radius 3 is 1.41 bits per heavy atom. The zero-order valence-corrected chi connectivity index (χ0v) is 25.3. The van der Waals surface area contributed by atoms with Crippen LogP contribution in [0.4, 0.5) is 25.1 Å². The predicted molar refractivity (Wildman–Crippen MR) is 154 cm³/mol. The van der Waals surface area contributed by atoms with Crippen LogP contribution in [0.5, 0.6) is 0 Å². The van der Waals surface area contributed by atoms with E-state index in [1.807, 2.05) is 9.80 Å². The number of aromatic nitrogens is 4. The highest BCUT2D eigenvalue weighted by atomic mass is 19.4. The van der Waals surface area contributed by atoms with Gasteiger partial charge in [0.1, 0.15) is 11.4 Å². The number of ether oxygens (including phenoxy) is 1. The van der Waals surface area contributed by atoms with Crippen molar-refractivity contribution in [3.05, 3.63) is 34.9 Å². The molecule has 2 saturated heterocycles. The van der Waals surface area contributed by atoms with E-state index in [2.05, 4.69) is 19.9 Å². The second kappa shape index (κ2) is 16.3. The lowest BCUT2D eigenvalue weighted by Gasteiger charge is -2.30. The van der Waals surface area contributed by atoms with Crippen LogP contribution < -0.4 is 21.3 Å². The predicted octanol–water partition coefficient (Wildman–Crippen LogP) is 1.09. The van der Waals surface area contributed by atoms with E-state index < -0.39 is 29.9 Å². The average molecular weight is 657 g/mol. The molecule has 0 aliphatic carbocycles. The number of carbonyl (C=O) groups excluding carboxylic acids is 3. The third-order valence-corrected chi connectivity index (χ3v) is 7.07.